The number of methoxy groups -OCH3 is 1. The van der Waals surface area contributed by atoms with Crippen LogP contribution in [0.25, 0.3) is 16.8 Å². The molecular weight excluding hydrogens is 488 g/mol. The van der Waals surface area contributed by atoms with Gasteiger partial charge in [-0.1, -0.05) is 48.7 Å². The summed E-state index contributed by atoms with van der Waals surface area (Å²) in [5.41, 5.74) is 5.74. The lowest BCUT2D eigenvalue weighted by Crippen LogP contribution is -2.25. The van der Waals surface area contributed by atoms with Crippen molar-refractivity contribution < 1.29 is 14.3 Å². The highest BCUT2D eigenvalue weighted by molar-refractivity contribution is 5.91. The molecule has 2 aromatic heterocycles. The first-order chi connectivity index (χ1) is 19.0. The number of aryl methyl sites for hydroxylation is 1. The van der Waals surface area contributed by atoms with E-state index in [1.54, 1.807) is 4.68 Å². The van der Waals surface area contributed by atoms with E-state index in [1.165, 1.54) is 39.2 Å². The summed E-state index contributed by atoms with van der Waals surface area (Å²) < 4.78 is 15.4. The summed E-state index contributed by atoms with van der Waals surface area (Å²) in [4.78, 5) is 12.7. The van der Waals surface area contributed by atoms with Crippen molar-refractivity contribution in [3.05, 3.63) is 83.9 Å². The Balaban J connectivity index is 1.29. The van der Waals surface area contributed by atoms with Crippen molar-refractivity contribution in [3.8, 4) is 22.6 Å². The van der Waals surface area contributed by atoms with Crippen LogP contribution in [0.4, 0.5) is 0 Å². The predicted octanol–water partition coefficient (Wildman–Crippen LogP) is 6.68. The van der Waals surface area contributed by atoms with Crippen LogP contribution in [0.3, 0.4) is 0 Å². The zero-order valence-electron chi connectivity index (χ0n) is 22.9. The monoisotopic (exact) mass is 524 g/mol. The van der Waals surface area contributed by atoms with Crippen LogP contribution < -0.4 is 4.74 Å². The quantitative estimate of drug-likeness (QED) is 0.241. The molecule has 0 N–H and O–H groups in total. The summed E-state index contributed by atoms with van der Waals surface area (Å²) in [5.74, 6) is 1.64. The smallest absolute Gasteiger partial charge is 0.339 e. The number of hydrogen-bond acceptors (Lipinski definition) is 5. The minimum absolute atomic E-state index is 0.174. The molecule has 202 valence electrons. The van der Waals surface area contributed by atoms with Crippen molar-refractivity contribution in [2.75, 3.05) is 7.11 Å². The second-order valence-corrected chi connectivity index (χ2v) is 11.0. The first-order valence-electron chi connectivity index (χ1n) is 14.0. The molecule has 0 radical (unpaired) electrons. The third-order valence-electron chi connectivity index (χ3n) is 8.40. The minimum atomic E-state index is -0.318. The fraction of sp³-hybridized carbons (Fsp3) is 0.406. The minimum Gasteiger partial charge on any atom is -0.490 e. The molecular formula is C32H36N4O3. The van der Waals surface area contributed by atoms with E-state index < -0.39 is 0 Å². The molecule has 0 spiro atoms. The standard InChI is InChI=1S/C32H36N4O3/c1-21(22-9-5-4-6-10-22)39-26-14-8-12-24(18-26)23-11-7-13-25(17-23)36-16-15-27(32(37)38-3)31(36)29-19-28(29)30-20-35(2)34-33-30/h7-8,11-18,20-22,28-29H,4-6,9-10,19H2,1-3H3/t21?,28-,29-/m0/s1. The zero-order chi connectivity index (χ0) is 26.9. The van der Waals surface area contributed by atoms with Crippen LogP contribution in [0.2, 0.25) is 0 Å². The lowest BCUT2D eigenvalue weighted by molar-refractivity contribution is 0.0599. The van der Waals surface area contributed by atoms with Gasteiger partial charge in [0.15, 0.2) is 0 Å². The average molecular weight is 525 g/mol. The molecule has 7 heteroatoms. The lowest BCUT2D eigenvalue weighted by Gasteiger charge is -2.28. The second-order valence-electron chi connectivity index (χ2n) is 11.0. The lowest BCUT2D eigenvalue weighted by atomic mass is 9.86. The Morgan fingerprint density at radius 2 is 1.77 bits per heavy atom. The largest absolute Gasteiger partial charge is 0.490 e. The Bertz CT molecular complexity index is 1470. The molecule has 7 nitrogen and oxygen atoms in total. The predicted molar refractivity (Wildman–Crippen MR) is 150 cm³/mol. The van der Waals surface area contributed by atoms with Crippen molar-refractivity contribution in [1.29, 1.82) is 0 Å². The maximum atomic E-state index is 12.7. The van der Waals surface area contributed by atoms with Crippen LogP contribution >= 0.6 is 0 Å². The van der Waals surface area contributed by atoms with Crippen LogP contribution in [-0.2, 0) is 11.8 Å². The number of nitrogens with zero attached hydrogens (tertiary/aromatic N) is 4. The fourth-order valence-electron chi connectivity index (χ4n) is 6.19. The van der Waals surface area contributed by atoms with Gasteiger partial charge < -0.3 is 14.0 Å². The van der Waals surface area contributed by atoms with E-state index in [0.29, 0.717) is 11.5 Å². The van der Waals surface area contributed by atoms with Crippen LogP contribution in [0.1, 0.15) is 79.0 Å². The average Bonchev–Trinajstić information content (AvgIpc) is 3.42. The Morgan fingerprint density at radius 3 is 2.51 bits per heavy atom. The van der Waals surface area contributed by atoms with Crippen molar-refractivity contribution in [2.45, 2.75) is 63.4 Å². The van der Waals surface area contributed by atoms with Gasteiger partial charge in [0.05, 0.1) is 24.5 Å². The van der Waals surface area contributed by atoms with Gasteiger partial charge in [0.2, 0.25) is 0 Å². The van der Waals surface area contributed by atoms with Crippen LogP contribution in [0, 0.1) is 5.92 Å². The van der Waals surface area contributed by atoms with Gasteiger partial charge in [0, 0.05) is 42.7 Å². The number of benzene rings is 2. The van der Waals surface area contributed by atoms with Gasteiger partial charge in [0.1, 0.15) is 5.75 Å². The third kappa shape index (κ3) is 5.22. The Labute approximate surface area is 229 Å². The second kappa shape index (κ2) is 10.7. The van der Waals surface area contributed by atoms with Gasteiger partial charge in [-0.2, -0.15) is 0 Å². The van der Waals surface area contributed by atoms with Crippen molar-refractivity contribution in [3.63, 3.8) is 0 Å². The molecule has 39 heavy (non-hydrogen) atoms. The number of rotatable bonds is 8. The van der Waals surface area contributed by atoms with Gasteiger partial charge in [-0.15, -0.1) is 5.10 Å². The van der Waals surface area contributed by atoms with Crippen LogP contribution in [0.15, 0.2) is 67.0 Å². The molecule has 1 unspecified atom stereocenters. The highest BCUT2D eigenvalue weighted by Crippen LogP contribution is 2.55. The molecule has 2 fully saturated rings. The van der Waals surface area contributed by atoms with Crippen molar-refractivity contribution in [2.24, 2.45) is 13.0 Å². The Kier molecular flexibility index (Phi) is 6.98. The summed E-state index contributed by atoms with van der Waals surface area (Å²) in [6.45, 7) is 2.21. The van der Waals surface area contributed by atoms with Gasteiger partial charge >= 0.3 is 5.97 Å². The number of aromatic nitrogens is 4. The maximum absolute atomic E-state index is 12.7. The molecule has 0 aliphatic heterocycles. The number of hydrogen-bond donors (Lipinski definition) is 0. The SMILES string of the molecule is COC(=O)c1ccn(-c2cccc(-c3cccc(OC(C)C4CCCCC4)c3)c2)c1[C@H]1C[C@@H]1c1cn(C)nn1. The van der Waals surface area contributed by atoms with E-state index in [1.807, 2.05) is 25.5 Å². The first-order valence-corrected chi connectivity index (χ1v) is 14.0. The topological polar surface area (TPSA) is 71.2 Å². The zero-order valence-corrected chi connectivity index (χ0v) is 22.9. The molecule has 2 aliphatic rings. The van der Waals surface area contributed by atoms with Crippen molar-refractivity contribution >= 4 is 5.97 Å². The summed E-state index contributed by atoms with van der Waals surface area (Å²) in [7, 11) is 3.31. The number of carbonyl (C=O) groups excluding carboxylic acids is 1. The van der Waals surface area contributed by atoms with Gasteiger partial charge in [-0.05, 0) is 73.6 Å². The van der Waals surface area contributed by atoms with E-state index in [-0.39, 0.29) is 23.9 Å². The maximum Gasteiger partial charge on any atom is 0.339 e. The van der Waals surface area contributed by atoms with Crippen LogP contribution in [-0.4, -0.2) is 38.7 Å². The van der Waals surface area contributed by atoms with E-state index in [9.17, 15) is 4.79 Å². The molecule has 2 aromatic carbocycles. The van der Waals surface area contributed by atoms with E-state index >= 15 is 0 Å². The van der Waals surface area contributed by atoms with E-state index in [0.717, 1.165) is 40.4 Å². The van der Waals surface area contributed by atoms with Crippen molar-refractivity contribution in [1.82, 2.24) is 19.6 Å². The fourth-order valence-corrected chi connectivity index (χ4v) is 6.19. The molecule has 2 saturated carbocycles. The molecule has 6 rings (SSSR count). The van der Waals surface area contributed by atoms with E-state index in [4.69, 9.17) is 9.47 Å². The van der Waals surface area contributed by atoms with Crippen LogP contribution in [0.5, 0.6) is 5.75 Å². The molecule has 3 atom stereocenters. The molecule has 4 aromatic rings. The molecule has 2 aliphatic carbocycles. The van der Waals surface area contributed by atoms with Gasteiger partial charge in [0.25, 0.3) is 0 Å². The molecule has 0 bridgehead atoms. The molecule has 0 amide bonds. The molecule has 2 heterocycles. The third-order valence-corrected chi connectivity index (χ3v) is 8.40. The summed E-state index contributed by atoms with van der Waals surface area (Å²) in [5, 5.41) is 8.43. The Morgan fingerprint density at radius 1 is 1.00 bits per heavy atom. The normalized spacial score (nSPS) is 20.0. The number of esters is 1. The first kappa shape index (κ1) is 25.4. The summed E-state index contributed by atoms with van der Waals surface area (Å²) in [6, 6.07) is 18.7. The highest BCUT2D eigenvalue weighted by atomic mass is 16.5. The van der Waals surface area contributed by atoms with E-state index in [2.05, 4.69) is 70.3 Å². The summed E-state index contributed by atoms with van der Waals surface area (Å²) in [6.07, 6.45) is 11.6. The number of ether oxygens (including phenoxy) is 2. The summed E-state index contributed by atoms with van der Waals surface area (Å²) >= 11 is 0. The highest BCUT2D eigenvalue weighted by Gasteiger charge is 2.45. The van der Waals surface area contributed by atoms with Gasteiger partial charge in [-0.25, -0.2) is 4.79 Å². The molecule has 0 saturated heterocycles. The number of carbonyl (C=O) groups is 1. The van der Waals surface area contributed by atoms with Gasteiger partial charge in [-0.3, -0.25) is 4.68 Å². The Hall–Kier alpha value is -3.87.